The van der Waals surface area contributed by atoms with Gasteiger partial charge in [-0.15, -0.1) is 0 Å². The molecule has 2 aromatic heterocycles. The van der Waals surface area contributed by atoms with E-state index in [9.17, 15) is 0 Å². The van der Waals surface area contributed by atoms with Crippen LogP contribution in [-0.4, -0.2) is 4.98 Å². The number of hydrogen-bond donors (Lipinski definition) is 0. The van der Waals surface area contributed by atoms with Crippen molar-refractivity contribution in [2.24, 2.45) is 0 Å². The van der Waals surface area contributed by atoms with Gasteiger partial charge in [-0.25, -0.2) is 4.98 Å². The molecule has 0 bridgehead atoms. The lowest BCUT2D eigenvalue weighted by Crippen LogP contribution is -2.17. The summed E-state index contributed by atoms with van der Waals surface area (Å²) >= 11 is 0. The standard InChI is InChI=1S/C58H41N3O2/c1-58(2)49-26-14-12-23-45(49)46-34-33-43(35-50(46)58)60(41-21-10-5-11-22-41)44-36-52(55-54(37-44)63-57(59-55)40-19-8-4-9-20-40)61(42-31-29-39(30-32-42)38-17-6-3-7-18-38)51-27-16-25-48-47-24-13-15-28-53(47)62-56(48)51/h3-37H,1-2H3. The average Bonchev–Trinajstić information content (AvgIpc) is 4.01. The second-order valence-corrected chi connectivity index (χ2v) is 16.8. The van der Waals surface area contributed by atoms with Crippen LogP contribution in [0.2, 0.25) is 0 Å². The summed E-state index contributed by atoms with van der Waals surface area (Å²) in [6, 6.07) is 74.7. The Bertz CT molecular complexity index is 3480. The van der Waals surface area contributed by atoms with Crippen LogP contribution in [0, 0.1) is 0 Å². The van der Waals surface area contributed by atoms with Crippen LogP contribution in [0.3, 0.4) is 0 Å². The Hall–Kier alpha value is -8.15. The van der Waals surface area contributed by atoms with Gasteiger partial charge < -0.3 is 18.6 Å². The van der Waals surface area contributed by atoms with Crippen LogP contribution in [0.1, 0.15) is 25.0 Å². The average molecular weight is 812 g/mol. The van der Waals surface area contributed by atoms with Gasteiger partial charge in [-0.05, 0) is 100 Å². The number of rotatable bonds is 8. The van der Waals surface area contributed by atoms with Gasteiger partial charge in [0.1, 0.15) is 11.1 Å². The summed E-state index contributed by atoms with van der Waals surface area (Å²) in [6.45, 7) is 4.66. The monoisotopic (exact) mass is 811 g/mol. The molecular formula is C58H41N3O2. The van der Waals surface area contributed by atoms with Gasteiger partial charge in [0.05, 0.1) is 17.1 Å². The smallest absolute Gasteiger partial charge is 0.227 e. The number of para-hydroxylation sites is 3. The number of benzene rings is 9. The Balaban J connectivity index is 1.13. The van der Waals surface area contributed by atoms with E-state index in [1.165, 1.54) is 22.3 Å². The largest absolute Gasteiger partial charge is 0.454 e. The highest BCUT2D eigenvalue weighted by molar-refractivity contribution is 6.11. The molecule has 0 aliphatic heterocycles. The lowest BCUT2D eigenvalue weighted by Gasteiger charge is -2.30. The van der Waals surface area contributed by atoms with Crippen molar-refractivity contribution in [2.45, 2.75) is 19.3 Å². The highest BCUT2D eigenvalue weighted by Crippen LogP contribution is 2.52. The highest BCUT2D eigenvalue weighted by atomic mass is 16.3. The van der Waals surface area contributed by atoms with Gasteiger partial charge in [0, 0.05) is 44.9 Å². The molecule has 5 heteroatoms. The number of fused-ring (bicyclic) bond motifs is 7. The maximum atomic E-state index is 6.85. The van der Waals surface area contributed by atoms with Gasteiger partial charge in [-0.1, -0.05) is 153 Å². The zero-order chi connectivity index (χ0) is 42.1. The van der Waals surface area contributed by atoms with Gasteiger partial charge in [-0.3, -0.25) is 0 Å². The number of anilines is 6. The molecule has 12 rings (SSSR count). The van der Waals surface area contributed by atoms with Crippen LogP contribution < -0.4 is 9.80 Å². The number of oxazole rings is 1. The Morgan fingerprint density at radius 1 is 0.397 bits per heavy atom. The second kappa shape index (κ2) is 14.5. The van der Waals surface area contributed by atoms with E-state index in [1.807, 2.05) is 42.5 Å². The molecule has 63 heavy (non-hydrogen) atoms. The molecule has 1 aliphatic rings. The molecule has 11 aromatic rings. The molecule has 9 aromatic carbocycles. The number of hydrogen-bond acceptors (Lipinski definition) is 5. The molecule has 2 heterocycles. The van der Waals surface area contributed by atoms with Gasteiger partial charge in [0.2, 0.25) is 5.89 Å². The van der Waals surface area contributed by atoms with E-state index in [1.54, 1.807) is 0 Å². The molecule has 300 valence electrons. The topological polar surface area (TPSA) is 45.7 Å². The Morgan fingerprint density at radius 2 is 1.02 bits per heavy atom. The lowest BCUT2D eigenvalue weighted by atomic mass is 9.82. The molecule has 1 aliphatic carbocycles. The zero-order valence-corrected chi connectivity index (χ0v) is 34.9. The second-order valence-electron chi connectivity index (χ2n) is 16.8. The molecule has 0 saturated carbocycles. The Kier molecular flexibility index (Phi) is 8.44. The molecule has 0 radical (unpaired) electrons. The minimum absolute atomic E-state index is 0.178. The first-order valence-corrected chi connectivity index (χ1v) is 21.5. The van der Waals surface area contributed by atoms with Crippen molar-refractivity contribution in [3.05, 3.63) is 223 Å². The number of aromatic nitrogens is 1. The highest BCUT2D eigenvalue weighted by Gasteiger charge is 2.36. The SMILES string of the molecule is CC1(C)c2ccccc2-c2ccc(N(c3ccccc3)c3cc(N(c4ccc(-c5ccccc5)cc4)c4cccc5c4oc4ccccc45)c4nc(-c5ccccc5)oc4c3)cc21. The number of nitrogens with zero attached hydrogens (tertiary/aromatic N) is 3. The molecule has 0 saturated heterocycles. The normalized spacial score (nSPS) is 12.7. The van der Waals surface area contributed by atoms with Gasteiger partial charge in [0.15, 0.2) is 11.2 Å². The van der Waals surface area contributed by atoms with E-state index >= 15 is 0 Å². The van der Waals surface area contributed by atoms with Crippen LogP contribution >= 0.6 is 0 Å². The third kappa shape index (κ3) is 6.04. The summed E-state index contributed by atoms with van der Waals surface area (Å²) < 4.78 is 13.6. The minimum atomic E-state index is -0.178. The third-order valence-electron chi connectivity index (χ3n) is 12.7. The summed E-state index contributed by atoms with van der Waals surface area (Å²) in [7, 11) is 0. The van der Waals surface area contributed by atoms with Crippen molar-refractivity contribution in [1.29, 1.82) is 0 Å². The molecule has 0 fully saturated rings. The van der Waals surface area contributed by atoms with Crippen molar-refractivity contribution in [2.75, 3.05) is 9.80 Å². The van der Waals surface area contributed by atoms with E-state index in [0.717, 1.165) is 78.3 Å². The first-order chi connectivity index (χ1) is 31.0. The van der Waals surface area contributed by atoms with Crippen LogP contribution in [0.15, 0.2) is 221 Å². The summed E-state index contributed by atoms with van der Waals surface area (Å²) in [5, 5.41) is 2.11. The first kappa shape index (κ1) is 36.7. The quantitative estimate of drug-likeness (QED) is 0.153. The van der Waals surface area contributed by atoms with Crippen molar-refractivity contribution in [1.82, 2.24) is 4.98 Å². The fraction of sp³-hybridized carbons (Fsp3) is 0.0517. The van der Waals surface area contributed by atoms with Crippen LogP contribution in [0.4, 0.5) is 34.1 Å². The lowest BCUT2D eigenvalue weighted by molar-refractivity contribution is 0.620. The van der Waals surface area contributed by atoms with E-state index in [-0.39, 0.29) is 5.41 Å². The van der Waals surface area contributed by atoms with Crippen molar-refractivity contribution >= 4 is 67.2 Å². The molecular weight excluding hydrogens is 771 g/mol. The third-order valence-corrected chi connectivity index (χ3v) is 12.7. The molecule has 5 nitrogen and oxygen atoms in total. The Labute approximate surface area is 365 Å². The van der Waals surface area contributed by atoms with E-state index in [0.29, 0.717) is 11.5 Å². The van der Waals surface area contributed by atoms with E-state index in [4.69, 9.17) is 13.8 Å². The summed E-state index contributed by atoms with van der Waals surface area (Å²) in [5.74, 6) is 0.550. The predicted molar refractivity (Wildman–Crippen MR) is 259 cm³/mol. The van der Waals surface area contributed by atoms with E-state index in [2.05, 4.69) is 194 Å². The summed E-state index contributed by atoms with van der Waals surface area (Å²) in [6.07, 6.45) is 0. The molecule has 0 atom stereocenters. The van der Waals surface area contributed by atoms with Crippen LogP contribution in [0.5, 0.6) is 0 Å². The first-order valence-electron chi connectivity index (χ1n) is 21.5. The fourth-order valence-electron chi connectivity index (χ4n) is 9.61. The molecule has 0 spiro atoms. The van der Waals surface area contributed by atoms with E-state index < -0.39 is 0 Å². The predicted octanol–water partition coefficient (Wildman–Crippen LogP) is 16.3. The maximum absolute atomic E-state index is 6.85. The molecule has 0 N–H and O–H groups in total. The van der Waals surface area contributed by atoms with Crippen molar-refractivity contribution < 1.29 is 8.83 Å². The zero-order valence-electron chi connectivity index (χ0n) is 34.9. The van der Waals surface area contributed by atoms with Crippen molar-refractivity contribution in [3.63, 3.8) is 0 Å². The summed E-state index contributed by atoms with van der Waals surface area (Å²) in [5.41, 5.74) is 16.9. The maximum Gasteiger partial charge on any atom is 0.227 e. The van der Waals surface area contributed by atoms with Gasteiger partial charge >= 0.3 is 0 Å². The van der Waals surface area contributed by atoms with Crippen molar-refractivity contribution in [3.8, 4) is 33.7 Å². The fourth-order valence-corrected chi connectivity index (χ4v) is 9.61. The summed E-state index contributed by atoms with van der Waals surface area (Å²) in [4.78, 5) is 9.95. The van der Waals surface area contributed by atoms with Crippen LogP contribution in [0.25, 0.3) is 66.7 Å². The van der Waals surface area contributed by atoms with Crippen LogP contribution in [-0.2, 0) is 5.41 Å². The Morgan fingerprint density at radius 3 is 1.81 bits per heavy atom. The minimum Gasteiger partial charge on any atom is -0.454 e. The molecule has 0 unspecified atom stereocenters. The van der Waals surface area contributed by atoms with Gasteiger partial charge in [-0.2, -0.15) is 0 Å². The van der Waals surface area contributed by atoms with Gasteiger partial charge in [0.25, 0.3) is 0 Å². The number of furan rings is 1. The molecule has 0 amide bonds.